The first kappa shape index (κ1) is 20.8. The molecule has 0 spiro atoms. The summed E-state index contributed by atoms with van der Waals surface area (Å²) in [6.07, 6.45) is 2.90. The molecule has 6 nitrogen and oxygen atoms in total. The van der Waals surface area contributed by atoms with E-state index in [9.17, 15) is 9.90 Å². The Morgan fingerprint density at radius 3 is 2.75 bits per heavy atom. The third-order valence-corrected chi connectivity index (χ3v) is 7.60. The van der Waals surface area contributed by atoms with Crippen LogP contribution >= 0.6 is 11.8 Å². The number of carboxylic acid groups (broad SMARTS) is 1. The molecular formula is C25H26N4O2S. The van der Waals surface area contributed by atoms with Gasteiger partial charge in [0.1, 0.15) is 6.04 Å². The lowest BCUT2D eigenvalue weighted by Crippen LogP contribution is -2.35. The first-order valence-corrected chi connectivity index (χ1v) is 11.9. The number of aromatic nitrogens is 2. The van der Waals surface area contributed by atoms with Crippen molar-refractivity contribution >= 4 is 22.9 Å². The fourth-order valence-electron chi connectivity index (χ4n) is 4.95. The van der Waals surface area contributed by atoms with Crippen molar-refractivity contribution in [2.75, 3.05) is 5.75 Å². The number of amidine groups is 1. The van der Waals surface area contributed by atoms with Gasteiger partial charge in [0, 0.05) is 35.1 Å². The molecule has 0 amide bonds. The van der Waals surface area contributed by atoms with Crippen molar-refractivity contribution in [3.8, 4) is 5.69 Å². The fraction of sp³-hybridized carbons (Fsp3) is 0.320. The van der Waals surface area contributed by atoms with Gasteiger partial charge in [0.25, 0.3) is 0 Å². The van der Waals surface area contributed by atoms with Gasteiger partial charge in [-0.15, -0.1) is 0 Å². The summed E-state index contributed by atoms with van der Waals surface area (Å²) < 4.78 is 2.15. The first-order valence-electron chi connectivity index (χ1n) is 10.9. The van der Waals surface area contributed by atoms with Gasteiger partial charge >= 0.3 is 5.97 Å². The minimum absolute atomic E-state index is 0.0626. The predicted molar refractivity (Wildman–Crippen MR) is 128 cm³/mol. The Bertz CT molecular complexity index is 1200. The van der Waals surface area contributed by atoms with Gasteiger partial charge in [-0.3, -0.25) is 9.98 Å². The van der Waals surface area contributed by atoms with Crippen molar-refractivity contribution in [1.29, 1.82) is 0 Å². The summed E-state index contributed by atoms with van der Waals surface area (Å²) in [6, 6.07) is 15.8. The van der Waals surface area contributed by atoms with E-state index in [1.807, 2.05) is 36.2 Å². The molecule has 1 saturated heterocycles. The molecule has 2 aliphatic heterocycles. The van der Waals surface area contributed by atoms with Crippen LogP contribution in [0.4, 0.5) is 0 Å². The van der Waals surface area contributed by atoms with Crippen LogP contribution in [0.5, 0.6) is 0 Å². The average molecular weight is 447 g/mol. The summed E-state index contributed by atoms with van der Waals surface area (Å²) in [4.78, 5) is 23.8. The van der Waals surface area contributed by atoms with Crippen LogP contribution in [0.15, 0.2) is 59.7 Å². The highest BCUT2D eigenvalue weighted by Gasteiger charge is 2.46. The Labute approximate surface area is 192 Å². The number of fused-ring (bicyclic) bond motifs is 1. The van der Waals surface area contributed by atoms with Gasteiger partial charge in [0.15, 0.2) is 5.17 Å². The Morgan fingerprint density at radius 1 is 1.19 bits per heavy atom. The van der Waals surface area contributed by atoms with E-state index < -0.39 is 5.97 Å². The summed E-state index contributed by atoms with van der Waals surface area (Å²) in [6.45, 7) is 6.43. The zero-order valence-electron chi connectivity index (χ0n) is 18.4. The van der Waals surface area contributed by atoms with E-state index in [2.05, 4.69) is 47.4 Å². The zero-order valence-corrected chi connectivity index (χ0v) is 19.2. The molecule has 0 radical (unpaired) electrons. The van der Waals surface area contributed by atoms with Crippen molar-refractivity contribution in [2.45, 2.75) is 45.3 Å². The number of aliphatic imine (C=N–C) groups is 1. The molecule has 32 heavy (non-hydrogen) atoms. The number of nitrogens with zero attached hydrogens (tertiary/aromatic N) is 4. The van der Waals surface area contributed by atoms with Gasteiger partial charge in [-0.2, -0.15) is 0 Å². The van der Waals surface area contributed by atoms with Crippen LogP contribution in [0.1, 0.15) is 58.4 Å². The number of aromatic carboxylic acids is 1. The van der Waals surface area contributed by atoms with E-state index >= 15 is 0 Å². The van der Waals surface area contributed by atoms with E-state index in [1.165, 1.54) is 5.56 Å². The molecule has 3 unspecified atom stereocenters. The quantitative estimate of drug-likeness (QED) is 0.586. The van der Waals surface area contributed by atoms with Crippen molar-refractivity contribution < 1.29 is 9.90 Å². The Hall–Kier alpha value is -3.06. The summed E-state index contributed by atoms with van der Waals surface area (Å²) in [5.74, 6) is 0.138. The number of hydrogen-bond acceptors (Lipinski definition) is 5. The molecule has 4 heterocycles. The molecule has 2 aromatic heterocycles. The van der Waals surface area contributed by atoms with Crippen molar-refractivity contribution in [3.05, 3.63) is 82.9 Å². The van der Waals surface area contributed by atoms with E-state index in [4.69, 9.17) is 4.99 Å². The summed E-state index contributed by atoms with van der Waals surface area (Å²) in [5, 5.41) is 10.6. The number of thioether (sulfide) groups is 1. The standard InChI is InChI=1S/C25H26N4O2S/c1-4-18-14-32-25-27-22(21-10-5-6-11-26-21)23(29(18)25)20-12-15(2)28(16(20)3)19-9-7-8-17(13-19)24(30)31/h5-13,18,22-23H,4,14H2,1-3H3,(H,30,31). The average Bonchev–Trinajstić information content (AvgIpc) is 3.45. The van der Waals surface area contributed by atoms with Gasteiger partial charge in [-0.25, -0.2) is 4.79 Å². The van der Waals surface area contributed by atoms with Crippen LogP contribution in [-0.4, -0.2) is 42.5 Å². The minimum Gasteiger partial charge on any atom is -0.478 e. The molecule has 7 heteroatoms. The van der Waals surface area contributed by atoms with Gasteiger partial charge in [0.05, 0.1) is 17.3 Å². The number of benzene rings is 1. The minimum atomic E-state index is -0.918. The van der Waals surface area contributed by atoms with E-state index in [0.717, 1.165) is 40.1 Å². The Kier molecular flexibility index (Phi) is 5.29. The third-order valence-electron chi connectivity index (χ3n) is 6.47. The number of hydrogen-bond donors (Lipinski definition) is 1. The number of carboxylic acids is 1. The number of pyridine rings is 1. The molecule has 0 bridgehead atoms. The SMILES string of the molecule is CCC1CSC2=NC(c3ccccn3)C(c3cc(C)n(-c4cccc(C(=O)O)c4)c3C)N21. The molecule has 2 aliphatic rings. The molecule has 5 rings (SSSR count). The van der Waals surface area contributed by atoms with E-state index in [1.54, 1.807) is 18.2 Å². The third kappa shape index (κ3) is 3.32. The molecule has 0 aliphatic carbocycles. The number of carbonyl (C=O) groups is 1. The highest BCUT2D eigenvalue weighted by atomic mass is 32.2. The molecule has 0 saturated carbocycles. The van der Waals surface area contributed by atoms with Crippen LogP contribution in [0.25, 0.3) is 5.69 Å². The maximum atomic E-state index is 11.5. The molecule has 3 atom stereocenters. The molecule has 1 N–H and O–H groups in total. The predicted octanol–water partition coefficient (Wildman–Crippen LogP) is 5.17. The van der Waals surface area contributed by atoms with Gasteiger partial charge < -0.3 is 14.6 Å². The fourth-order valence-corrected chi connectivity index (χ4v) is 6.29. The van der Waals surface area contributed by atoms with E-state index in [-0.39, 0.29) is 17.6 Å². The molecule has 1 fully saturated rings. The van der Waals surface area contributed by atoms with Crippen LogP contribution < -0.4 is 0 Å². The van der Waals surface area contributed by atoms with Crippen LogP contribution in [0.2, 0.25) is 0 Å². The first-order chi connectivity index (χ1) is 15.5. The second-order valence-corrected chi connectivity index (χ2v) is 9.34. The molecule has 1 aromatic carbocycles. The number of aryl methyl sites for hydroxylation is 1. The monoisotopic (exact) mass is 446 g/mol. The maximum absolute atomic E-state index is 11.5. The summed E-state index contributed by atoms with van der Waals surface area (Å²) >= 11 is 1.84. The lowest BCUT2D eigenvalue weighted by atomic mass is 9.95. The topological polar surface area (TPSA) is 70.7 Å². The normalized spacial score (nSPS) is 22.2. The highest BCUT2D eigenvalue weighted by molar-refractivity contribution is 8.14. The summed E-state index contributed by atoms with van der Waals surface area (Å²) in [7, 11) is 0. The second kappa shape index (κ2) is 8.13. The summed E-state index contributed by atoms with van der Waals surface area (Å²) in [5.41, 5.74) is 5.54. The van der Waals surface area contributed by atoms with Gasteiger partial charge in [0.2, 0.25) is 0 Å². The van der Waals surface area contributed by atoms with Crippen molar-refractivity contribution in [2.24, 2.45) is 4.99 Å². The molecule has 3 aromatic rings. The largest absolute Gasteiger partial charge is 0.478 e. The van der Waals surface area contributed by atoms with Crippen LogP contribution in [0, 0.1) is 13.8 Å². The smallest absolute Gasteiger partial charge is 0.335 e. The maximum Gasteiger partial charge on any atom is 0.335 e. The van der Waals surface area contributed by atoms with Crippen molar-refractivity contribution in [1.82, 2.24) is 14.5 Å². The zero-order chi connectivity index (χ0) is 22.4. The Morgan fingerprint density at radius 2 is 2.03 bits per heavy atom. The highest BCUT2D eigenvalue weighted by Crippen LogP contribution is 2.49. The van der Waals surface area contributed by atoms with E-state index in [0.29, 0.717) is 6.04 Å². The lowest BCUT2D eigenvalue weighted by molar-refractivity contribution is 0.0697. The van der Waals surface area contributed by atoms with Gasteiger partial charge in [-0.05, 0) is 62.2 Å². The molecule has 164 valence electrons. The second-order valence-electron chi connectivity index (χ2n) is 8.35. The lowest BCUT2D eigenvalue weighted by Gasteiger charge is -2.32. The van der Waals surface area contributed by atoms with Crippen LogP contribution in [0.3, 0.4) is 0 Å². The number of rotatable bonds is 5. The molecular weight excluding hydrogens is 420 g/mol. The van der Waals surface area contributed by atoms with Gasteiger partial charge in [-0.1, -0.05) is 30.8 Å². The van der Waals surface area contributed by atoms with Crippen molar-refractivity contribution in [3.63, 3.8) is 0 Å². The van der Waals surface area contributed by atoms with Crippen LogP contribution in [-0.2, 0) is 0 Å². The Balaban J connectivity index is 1.63.